The van der Waals surface area contributed by atoms with E-state index in [1.165, 1.54) is 12.1 Å². The lowest BCUT2D eigenvalue weighted by Gasteiger charge is -2.24. The van der Waals surface area contributed by atoms with Crippen molar-refractivity contribution >= 4 is 5.91 Å². The van der Waals surface area contributed by atoms with E-state index in [-0.39, 0.29) is 18.3 Å². The van der Waals surface area contributed by atoms with Crippen LogP contribution in [0.3, 0.4) is 0 Å². The zero-order valence-electron chi connectivity index (χ0n) is 16.2. The molecule has 0 aromatic heterocycles. The summed E-state index contributed by atoms with van der Waals surface area (Å²) in [6.07, 6.45) is 0. The Morgan fingerprint density at radius 2 is 1.67 bits per heavy atom. The molecule has 1 heterocycles. The summed E-state index contributed by atoms with van der Waals surface area (Å²) in [6.45, 7) is 1.47. The molecule has 150 valence electrons. The van der Waals surface area contributed by atoms with Gasteiger partial charge in [-0.25, -0.2) is 4.39 Å². The summed E-state index contributed by atoms with van der Waals surface area (Å²) in [7, 11) is 0. The third-order valence-electron chi connectivity index (χ3n) is 4.80. The number of amides is 1. The largest absolute Gasteiger partial charge is 0.486 e. The molecular formula is C24H19FN2O3. The smallest absolute Gasteiger partial charge is 0.254 e. The van der Waals surface area contributed by atoms with Gasteiger partial charge in [0.2, 0.25) is 0 Å². The summed E-state index contributed by atoms with van der Waals surface area (Å²) in [4.78, 5) is 15.0. The number of fused-ring (bicyclic) bond motifs is 1. The summed E-state index contributed by atoms with van der Waals surface area (Å²) >= 11 is 0. The first kappa shape index (κ1) is 19.5. The summed E-state index contributed by atoms with van der Waals surface area (Å²) in [5.41, 5.74) is 2.57. The second-order valence-electron chi connectivity index (χ2n) is 6.96. The van der Waals surface area contributed by atoms with Crippen LogP contribution in [-0.4, -0.2) is 24.0 Å². The van der Waals surface area contributed by atoms with Crippen LogP contribution < -0.4 is 9.47 Å². The van der Waals surface area contributed by atoms with Gasteiger partial charge in [0.1, 0.15) is 19.0 Å². The lowest BCUT2D eigenvalue weighted by molar-refractivity contribution is 0.0728. The Kier molecular flexibility index (Phi) is 5.62. The van der Waals surface area contributed by atoms with Crippen molar-refractivity contribution in [3.63, 3.8) is 0 Å². The van der Waals surface area contributed by atoms with Crippen LogP contribution >= 0.6 is 0 Å². The van der Waals surface area contributed by atoms with Gasteiger partial charge >= 0.3 is 0 Å². The Balaban J connectivity index is 1.62. The second kappa shape index (κ2) is 8.66. The molecule has 0 atom stereocenters. The summed E-state index contributed by atoms with van der Waals surface area (Å²) in [5, 5.41) is 8.99. The average Bonchev–Trinajstić information content (AvgIpc) is 2.78. The zero-order chi connectivity index (χ0) is 20.9. The fourth-order valence-electron chi connectivity index (χ4n) is 3.32. The molecule has 1 amide bonds. The molecule has 1 aliphatic rings. The third-order valence-corrected chi connectivity index (χ3v) is 4.80. The first-order valence-electron chi connectivity index (χ1n) is 9.55. The molecule has 0 saturated carbocycles. The molecule has 30 heavy (non-hydrogen) atoms. The number of carbonyl (C=O) groups is 1. The zero-order valence-corrected chi connectivity index (χ0v) is 16.2. The Morgan fingerprint density at radius 1 is 0.933 bits per heavy atom. The second-order valence-corrected chi connectivity index (χ2v) is 6.96. The highest BCUT2D eigenvalue weighted by atomic mass is 19.1. The van der Waals surface area contributed by atoms with Gasteiger partial charge in [-0.2, -0.15) is 5.26 Å². The van der Waals surface area contributed by atoms with Gasteiger partial charge < -0.3 is 14.4 Å². The Hall–Kier alpha value is -3.85. The number of hydrogen-bond acceptors (Lipinski definition) is 4. The lowest BCUT2D eigenvalue weighted by atomic mass is 10.1. The van der Waals surface area contributed by atoms with Gasteiger partial charge in [0.25, 0.3) is 5.91 Å². The number of benzene rings is 3. The number of carbonyl (C=O) groups excluding carboxylic acids is 1. The molecule has 0 bridgehead atoms. The molecule has 0 N–H and O–H groups in total. The van der Waals surface area contributed by atoms with E-state index in [2.05, 4.69) is 6.07 Å². The molecule has 0 spiro atoms. The van der Waals surface area contributed by atoms with Gasteiger partial charge in [-0.1, -0.05) is 24.3 Å². The van der Waals surface area contributed by atoms with Crippen molar-refractivity contribution in [2.75, 3.05) is 13.2 Å². The van der Waals surface area contributed by atoms with Crippen molar-refractivity contribution in [1.29, 1.82) is 5.26 Å². The fourth-order valence-corrected chi connectivity index (χ4v) is 3.32. The van der Waals surface area contributed by atoms with Gasteiger partial charge in [0.15, 0.2) is 11.5 Å². The summed E-state index contributed by atoms with van der Waals surface area (Å²) in [5.74, 6) is 0.593. The molecular weight excluding hydrogens is 383 g/mol. The third kappa shape index (κ3) is 4.41. The van der Waals surface area contributed by atoms with Crippen molar-refractivity contribution in [3.05, 3.63) is 94.8 Å². The number of nitrogens with zero attached hydrogens (tertiary/aromatic N) is 2. The van der Waals surface area contributed by atoms with Crippen LogP contribution in [0.4, 0.5) is 4.39 Å². The topological polar surface area (TPSA) is 62.6 Å². The van der Waals surface area contributed by atoms with Gasteiger partial charge in [0, 0.05) is 18.7 Å². The van der Waals surface area contributed by atoms with E-state index in [0.29, 0.717) is 47.9 Å². The average molecular weight is 402 g/mol. The molecule has 3 aromatic rings. The van der Waals surface area contributed by atoms with Gasteiger partial charge in [-0.3, -0.25) is 4.79 Å². The quantitative estimate of drug-likeness (QED) is 0.638. The maximum absolute atomic E-state index is 13.7. The molecule has 0 radical (unpaired) electrons. The lowest BCUT2D eigenvalue weighted by Crippen LogP contribution is -2.30. The minimum atomic E-state index is -0.349. The van der Waals surface area contributed by atoms with Crippen molar-refractivity contribution < 1.29 is 18.7 Å². The van der Waals surface area contributed by atoms with Crippen LogP contribution in [0.1, 0.15) is 27.0 Å². The van der Waals surface area contributed by atoms with Gasteiger partial charge in [0.05, 0.1) is 11.6 Å². The van der Waals surface area contributed by atoms with Crippen LogP contribution in [0.25, 0.3) is 0 Å². The first-order valence-corrected chi connectivity index (χ1v) is 9.55. The van der Waals surface area contributed by atoms with Crippen LogP contribution in [-0.2, 0) is 13.1 Å². The molecule has 5 nitrogen and oxygen atoms in total. The number of nitriles is 1. The fraction of sp³-hybridized carbons (Fsp3) is 0.167. The minimum Gasteiger partial charge on any atom is -0.486 e. The predicted molar refractivity (Wildman–Crippen MR) is 109 cm³/mol. The molecule has 0 fully saturated rings. The maximum atomic E-state index is 13.7. The maximum Gasteiger partial charge on any atom is 0.254 e. The first-order chi connectivity index (χ1) is 14.6. The van der Waals surface area contributed by atoms with E-state index < -0.39 is 0 Å². The monoisotopic (exact) mass is 402 g/mol. The summed E-state index contributed by atoms with van der Waals surface area (Å²) < 4.78 is 24.8. The Labute approximate surface area is 173 Å². The minimum absolute atomic E-state index is 0.208. The normalized spacial score (nSPS) is 12.1. The van der Waals surface area contributed by atoms with Crippen LogP contribution in [0, 0.1) is 17.1 Å². The van der Waals surface area contributed by atoms with Crippen molar-refractivity contribution in [2.45, 2.75) is 13.1 Å². The SMILES string of the molecule is N#Cc1ccc(CN(Cc2cccc(F)c2)C(=O)c2ccc3c(c2)OCCO3)cc1. The number of hydrogen-bond donors (Lipinski definition) is 0. The van der Waals surface area contributed by atoms with E-state index in [1.54, 1.807) is 47.4 Å². The van der Waals surface area contributed by atoms with E-state index in [4.69, 9.17) is 14.7 Å². The van der Waals surface area contributed by atoms with E-state index in [0.717, 1.165) is 5.56 Å². The molecule has 6 heteroatoms. The van der Waals surface area contributed by atoms with Crippen molar-refractivity contribution in [3.8, 4) is 17.6 Å². The molecule has 0 unspecified atom stereocenters. The molecule has 0 aliphatic carbocycles. The molecule has 0 saturated heterocycles. The highest BCUT2D eigenvalue weighted by Gasteiger charge is 2.20. The Morgan fingerprint density at radius 3 is 2.40 bits per heavy atom. The van der Waals surface area contributed by atoms with E-state index in [9.17, 15) is 9.18 Å². The van der Waals surface area contributed by atoms with Crippen molar-refractivity contribution in [2.24, 2.45) is 0 Å². The van der Waals surface area contributed by atoms with E-state index >= 15 is 0 Å². The molecule has 3 aromatic carbocycles. The van der Waals surface area contributed by atoms with Gasteiger partial charge in [-0.15, -0.1) is 0 Å². The van der Waals surface area contributed by atoms with Gasteiger partial charge in [-0.05, 0) is 53.6 Å². The Bertz CT molecular complexity index is 1110. The van der Waals surface area contributed by atoms with Crippen LogP contribution in [0.15, 0.2) is 66.7 Å². The molecule has 1 aliphatic heterocycles. The van der Waals surface area contributed by atoms with Crippen molar-refractivity contribution in [1.82, 2.24) is 4.90 Å². The predicted octanol–water partition coefficient (Wildman–Crippen LogP) is 4.31. The summed E-state index contributed by atoms with van der Waals surface area (Å²) in [6, 6.07) is 20.4. The highest BCUT2D eigenvalue weighted by molar-refractivity contribution is 5.95. The standard InChI is InChI=1S/C24H19FN2O3/c25-21-3-1-2-19(12-21)16-27(15-18-6-4-17(14-26)5-7-18)24(28)20-8-9-22-23(13-20)30-11-10-29-22/h1-9,12-13H,10-11,15-16H2. The number of halogens is 1. The highest BCUT2D eigenvalue weighted by Crippen LogP contribution is 2.31. The number of ether oxygens (including phenoxy) is 2. The molecule has 4 rings (SSSR count). The van der Waals surface area contributed by atoms with Crippen LogP contribution in [0.2, 0.25) is 0 Å². The number of rotatable bonds is 5. The van der Waals surface area contributed by atoms with E-state index in [1.807, 2.05) is 12.1 Å². The van der Waals surface area contributed by atoms with Crippen LogP contribution in [0.5, 0.6) is 11.5 Å².